The van der Waals surface area contributed by atoms with Gasteiger partial charge in [-0.25, -0.2) is 4.79 Å². The average Bonchev–Trinajstić information content (AvgIpc) is 3.25. The van der Waals surface area contributed by atoms with E-state index in [1.54, 1.807) is 47.4 Å². The second-order valence-corrected chi connectivity index (χ2v) is 15.5. The van der Waals surface area contributed by atoms with Crippen LogP contribution in [0.4, 0.5) is 0 Å². The predicted octanol–water partition coefficient (Wildman–Crippen LogP) is 0.319. The quantitative estimate of drug-likeness (QED) is 0.151. The highest BCUT2D eigenvalue weighted by molar-refractivity contribution is 5.89. The summed E-state index contributed by atoms with van der Waals surface area (Å²) in [6, 6.07) is 14.3. The molecule has 0 radical (unpaired) electrons. The Labute approximate surface area is 349 Å². The first-order chi connectivity index (χ1) is 28.7. The van der Waals surface area contributed by atoms with Gasteiger partial charge in [0, 0.05) is 38.4 Å². The number of nitrogens with zero attached hydrogens (tertiary/aromatic N) is 1. The van der Waals surface area contributed by atoms with Crippen molar-refractivity contribution >= 4 is 23.8 Å². The molecule has 2 aromatic rings. The zero-order chi connectivity index (χ0) is 43.5. The maximum atomic E-state index is 13.2. The van der Waals surface area contributed by atoms with Crippen LogP contribution in [0.1, 0.15) is 75.3 Å². The molecule has 3 aliphatic heterocycles. The molecule has 332 valence electrons. The molecular weight excluding hydrogens is 786 g/mol. The van der Waals surface area contributed by atoms with E-state index in [4.69, 9.17) is 28.4 Å². The Balaban J connectivity index is 1.27. The van der Waals surface area contributed by atoms with Crippen molar-refractivity contribution in [2.24, 2.45) is 5.92 Å². The molecule has 0 bridgehead atoms. The summed E-state index contributed by atoms with van der Waals surface area (Å²) in [7, 11) is 0. The van der Waals surface area contributed by atoms with Gasteiger partial charge in [-0.2, -0.15) is 0 Å². The number of hydrogen-bond acceptors (Lipinski definition) is 16. The summed E-state index contributed by atoms with van der Waals surface area (Å²) in [4.78, 5) is 52.5. The molecular formula is C42H59N3O15. The highest BCUT2D eigenvalue weighted by Crippen LogP contribution is 2.31. The molecule has 3 saturated heterocycles. The minimum absolute atomic E-state index is 0.0353. The van der Waals surface area contributed by atoms with E-state index in [1.807, 2.05) is 13.8 Å². The van der Waals surface area contributed by atoms with Crippen LogP contribution < -0.4 is 15.4 Å². The molecule has 0 saturated carbocycles. The topological polar surface area (TPSA) is 252 Å². The highest BCUT2D eigenvalue weighted by Gasteiger charge is 2.51. The Bertz CT molecular complexity index is 1700. The smallest absolute Gasteiger partial charge is 0.338 e. The summed E-state index contributed by atoms with van der Waals surface area (Å²) in [5, 5.41) is 60.3. The molecule has 18 nitrogen and oxygen atoms in total. The van der Waals surface area contributed by atoms with E-state index in [0.29, 0.717) is 38.9 Å². The average molecular weight is 846 g/mol. The van der Waals surface area contributed by atoms with Gasteiger partial charge in [0.2, 0.25) is 18.1 Å². The first kappa shape index (κ1) is 46.8. The van der Waals surface area contributed by atoms with E-state index in [0.717, 1.165) is 5.56 Å². The van der Waals surface area contributed by atoms with Gasteiger partial charge >= 0.3 is 11.9 Å². The Morgan fingerprint density at radius 3 is 2.30 bits per heavy atom. The molecule has 18 heteroatoms. The molecule has 0 aliphatic carbocycles. The van der Waals surface area contributed by atoms with Gasteiger partial charge in [0.15, 0.2) is 12.4 Å². The summed E-state index contributed by atoms with van der Waals surface area (Å²) in [5.74, 6) is -1.37. The molecule has 3 fully saturated rings. The van der Waals surface area contributed by atoms with E-state index in [2.05, 4.69) is 10.6 Å². The van der Waals surface area contributed by atoms with Crippen LogP contribution in [0.3, 0.4) is 0 Å². The number of amides is 2. The number of aliphatic hydroxyl groups excluding tert-OH is 5. The lowest BCUT2D eigenvalue weighted by molar-refractivity contribution is -0.355. The predicted molar refractivity (Wildman–Crippen MR) is 211 cm³/mol. The first-order valence-electron chi connectivity index (χ1n) is 20.5. The van der Waals surface area contributed by atoms with E-state index in [9.17, 15) is 44.7 Å². The van der Waals surface area contributed by atoms with Crippen LogP contribution in [-0.4, -0.2) is 154 Å². The molecule has 7 N–H and O–H groups in total. The van der Waals surface area contributed by atoms with E-state index in [-0.39, 0.29) is 42.0 Å². The molecule has 2 aromatic carbocycles. The SMILES string of the molecule is CCC(C)C(=O)N1CCCNC(=O)C[C@@H](c2ccc(O[C@@H]3O[C@@H](C)[C@H](O)[C@@H](O)[C@H]3O[C@@H]3O[C@H](COC(=O)c4ccccc4)[C@@H](O)[C@H](O)[C@H]3O)cc2)NCCC(OC(C)=O)C1. The summed E-state index contributed by atoms with van der Waals surface area (Å²) < 4.78 is 34.6. The number of carbonyl (C=O) groups is 4. The second-order valence-electron chi connectivity index (χ2n) is 15.5. The third kappa shape index (κ3) is 12.4. The van der Waals surface area contributed by atoms with E-state index >= 15 is 0 Å². The van der Waals surface area contributed by atoms with Gasteiger partial charge in [-0.15, -0.1) is 0 Å². The van der Waals surface area contributed by atoms with E-state index < -0.39 is 92.1 Å². The van der Waals surface area contributed by atoms with Crippen LogP contribution in [0.5, 0.6) is 5.75 Å². The van der Waals surface area contributed by atoms with Crippen molar-refractivity contribution in [3.8, 4) is 5.75 Å². The van der Waals surface area contributed by atoms with Crippen LogP contribution in [0.25, 0.3) is 0 Å². The van der Waals surface area contributed by atoms with Gasteiger partial charge in [0.05, 0.1) is 18.2 Å². The summed E-state index contributed by atoms with van der Waals surface area (Å²) in [6.45, 7) is 7.45. The molecule has 0 spiro atoms. The van der Waals surface area contributed by atoms with Gasteiger partial charge in [-0.3, -0.25) is 14.4 Å². The Hall–Kier alpha value is -4.24. The molecule has 13 atom stereocenters. The largest absolute Gasteiger partial charge is 0.462 e. The van der Waals surface area contributed by atoms with Crippen molar-refractivity contribution in [2.45, 2.75) is 127 Å². The van der Waals surface area contributed by atoms with Crippen LogP contribution in [0, 0.1) is 5.92 Å². The first-order valence-corrected chi connectivity index (χ1v) is 20.5. The van der Waals surface area contributed by atoms with Crippen molar-refractivity contribution < 1.29 is 73.1 Å². The van der Waals surface area contributed by atoms with Crippen LogP contribution in [0.2, 0.25) is 0 Å². The lowest BCUT2D eigenvalue weighted by Gasteiger charge is -2.45. The second kappa shape index (κ2) is 22.0. The minimum Gasteiger partial charge on any atom is -0.462 e. The molecule has 0 aromatic heterocycles. The summed E-state index contributed by atoms with van der Waals surface area (Å²) in [5.41, 5.74) is 0.961. The minimum atomic E-state index is -1.83. The third-order valence-electron chi connectivity index (χ3n) is 10.9. The fraction of sp³-hybridized carbons (Fsp3) is 0.619. The maximum Gasteiger partial charge on any atom is 0.338 e. The standard InChI is InChI=1S/C42H59N3O15/c1-5-23(2)39(53)45-19-9-17-44-32(47)20-30(43-18-16-29(21-45)57-25(4)46)26-12-14-28(15-13-26)58-42-38(36(51)33(48)24(3)56-42)60-41-37(52)35(50)34(49)31(59-41)22-55-40(54)27-10-7-6-8-11-27/h6-8,10-15,23-24,29-31,33-38,41-43,48-52H,5,9,16-22H2,1-4H3,(H,44,47)/t23?,24-,29?,30-,31+,33-,34+,35-,36+,37+,38+,41-,42-/m0/s1. The van der Waals surface area contributed by atoms with Crippen molar-refractivity contribution in [3.05, 3.63) is 65.7 Å². The van der Waals surface area contributed by atoms with Crippen LogP contribution in [-0.2, 0) is 38.1 Å². The molecule has 2 unspecified atom stereocenters. The number of nitrogens with one attached hydrogen (secondary N) is 2. The number of benzene rings is 2. The molecule has 60 heavy (non-hydrogen) atoms. The fourth-order valence-corrected chi connectivity index (χ4v) is 7.22. The normalized spacial score (nSPS) is 32.5. The lowest BCUT2D eigenvalue weighted by atomic mass is 9.97. The number of aliphatic hydroxyl groups is 5. The third-order valence-corrected chi connectivity index (χ3v) is 10.9. The summed E-state index contributed by atoms with van der Waals surface area (Å²) in [6.07, 6.45) is -14.2. The lowest BCUT2D eigenvalue weighted by Crippen LogP contribution is -2.64. The van der Waals surface area contributed by atoms with Gasteiger partial charge in [-0.1, -0.05) is 44.2 Å². The van der Waals surface area contributed by atoms with Crippen molar-refractivity contribution in [1.29, 1.82) is 0 Å². The van der Waals surface area contributed by atoms with Gasteiger partial charge in [0.1, 0.15) is 55.1 Å². The van der Waals surface area contributed by atoms with Gasteiger partial charge < -0.3 is 69.5 Å². The van der Waals surface area contributed by atoms with Crippen LogP contribution in [0.15, 0.2) is 54.6 Å². The zero-order valence-corrected chi connectivity index (χ0v) is 34.3. The summed E-state index contributed by atoms with van der Waals surface area (Å²) >= 11 is 0. The Morgan fingerprint density at radius 1 is 0.900 bits per heavy atom. The maximum absolute atomic E-state index is 13.2. The van der Waals surface area contributed by atoms with Crippen LogP contribution >= 0.6 is 0 Å². The van der Waals surface area contributed by atoms with Crippen molar-refractivity contribution in [2.75, 3.05) is 32.8 Å². The highest BCUT2D eigenvalue weighted by atomic mass is 16.8. The van der Waals surface area contributed by atoms with Gasteiger partial charge in [0.25, 0.3) is 0 Å². The fourth-order valence-electron chi connectivity index (χ4n) is 7.22. The van der Waals surface area contributed by atoms with Gasteiger partial charge in [-0.05, 0) is 62.6 Å². The number of carbonyl (C=O) groups excluding carboxylic acids is 4. The molecule has 3 heterocycles. The zero-order valence-electron chi connectivity index (χ0n) is 34.3. The number of esters is 2. The molecule has 3 aliphatic rings. The van der Waals surface area contributed by atoms with Crippen molar-refractivity contribution in [1.82, 2.24) is 15.5 Å². The molecule has 2 amide bonds. The van der Waals surface area contributed by atoms with Crippen molar-refractivity contribution in [3.63, 3.8) is 0 Å². The number of hydrogen-bond donors (Lipinski definition) is 7. The Kier molecular flexibility index (Phi) is 17.2. The van der Waals surface area contributed by atoms with E-state index in [1.165, 1.54) is 26.0 Å². The number of ether oxygens (including phenoxy) is 6. The monoisotopic (exact) mass is 845 g/mol. The molecule has 5 rings (SSSR count). The Morgan fingerprint density at radius 2 is 1.62 bits per heavy atom. The number of rotatable bonds is 11.